The number of likely N-dealkylation sites (tertiary alicyclic amines) is 1. The fourth-order valence-electron chi connectivity index (χ4n) is 9.15. The molecule has 69 heavy (non-hydrogen) atoms. The van der Waals surface area contributed by atoms with Gasteiger partial charge in [0.05, 0.1) is 18.3 Å². The lowest BCUT2D eigenvalue weighted by atomic mass is 9.85. The van der Waals surface area contributed by atoms with Crippen molar-refractivity contribution >= 4 is 34.7 Å². The smallest absolute Gasteiger partial charge is 0.246 e. The van der Waals surface area contributed by atoms with Crippen LogP contribution in [0.3, 0.4) is 0 Å². The molecule has 7 rings (SSSR count). The second-order valence-electron chi connectivity index (χ2n) is 19.6. The van der Waals surface area contributed by atoms with Crippen molar-refractivity contribution in [2.45, 2.75) is 129 Å². The predicted octanol–water partition coefficient (Wildman–Crippen LogP) is 8.42. The minimum Gasteiger partial charge on any atom is -0.349 e. The van der Waals surface area contributed by atoms with Gasteiger partial charge in [-0.3, -0.25) is 19.2 Å². The molecule has 14 nitrogen and oxygen atoms in total. The van der Waals surface area contributed by atoms with Gasteiger partial charge in [-0.05, 0) is 87.0 Å². The summed E-state index contributed by atoms with van der Waals surface area (Å²) >= 11 is 0. The van der Waals surface area contributed by atoms with Gasteiger partial charge in [-0.1, -0.05) is 95.8 Å². The highest BCUT2D eigenvalue weighted by molar-refractivity contribution is 5.96. The Balaban J connectivity index is 0.859. The van der Waals surface area contributed by atoms with Gasteiger partial charge < -0.3 is 35.7 Å². The van der Waals surface area contributed by atoms with Crippen molar-refractivity contribution in [1.29, 1.82) is 0 Å². The van der Waals surface area contributed by atoms with Crippen LogP contribution in [0, 0.1) is 11.2 Å². The van der Waals surface area contributed by atoms with Crippen molar-refractivity contribution in [1.82, 2.24) is 50.5 Å². The highest BCUT2D eigenvalue weighted by Gasteiger charge is 2.45. The van der Waals surface area contributed by atoms with Gasteiger partial charge in [-0.25, -0.2) is 14.1 Å². The molecule has 1 fully saturated rings. The third-order valence-corrected chi connectivity index (χ3v) is 13.3. The summed E-state index contributed by atoms with van der Waals surface area (Å²) in [7, 11) is 1.70. The van der Waals surface area contributed by atoms with E-state index in [0.29, 0.717) is 32.4 Å². The lowest BCUT2D eigenvalue weighted by Crippen LogP contribution is -2.59. The summed E-state index contributed by atoms with van der Waals surface area (Å²) in [4.78, 5) is 64.2. The summed E-state index contributed by atoms with van der Waals surface area (Å²) < 4.78 is 17.2. The molecule has 5 heterocycles. The lowest BCUT2D eigenvalue weighted by molar-refractivity contribution is -0.144. The molecule has 0 unspecified atom stereocenters. The molecule has 1 saturated heterocycles. The van der Waals surface area contributed by atoms with E-state index in [-0.39, 0.29) is 41.5 Å². The molecule has 366 valence electrons. The Bertz CT molecular complexity index is 2670. The molecule has 5 N–H and O–H groups in total. The Morgan fingerprint density at radius 3 is 2.39 bits per heavy atom. The van der Waals surface area contributed by atoms with Gasteiger partial charge in [0, 0.05) is 84.2 Å². The van der Waals surface area contributed by atoms with Crippen molar-refractivity contribution < 1.29 is 23.6 Å². The molecule has 0 radical (unpaired) electrons. The zero-order valence-electron chi connectivity index (χ0n) is 40.9. The molecule has 4 aromatic heterocycles. The molecular weight excluding hydrogens is 872 g/mol. The van der Waals surface area contributed by atoms with E-state index in [0.717, 1.165) is 89.5 Å². The zero-order valence-corrected chi connectivity index (χ0v) is 40.9. The highest BCUT2D eigenvalue weighted by Crippen LogP contribution is 2.32. The molecule has 3 amide bonds. The van der Waals surface area contributed by atoms with Crippen LogP contribution in [0.2, 0.25) is 0 Å². The molecule has 2 aromatic carbocycles. The SMILES string of the molecule is CC[C@@H](NC(=O)[C@@H]1C[C@H](NCCCCCCCCC(=O)n2cc(-c3cnc4[nH]cc(-c5ccn(Cc6cccc(F)c6)c5)c4c3)cn2)CN1C(=O)[C@@H](NC(=O)[C@H](C)NC)C(C)(C)C)c1ccccc1. The number of hydrogen-bond acceptors (Lipinski definition) is 8. The quantitative estimate of drug-likeness (QED) is 0.0423. The van der Waals surface area contributed by atoms with Gasteiger partial charge in [0.15, 0.2) is 0 Å². The van der Waals surface area contributed by atoms with Gasteiger partial charge >= 0.3 is 0 Å². The second kappa shape index (κ2) is 23.2. The zero-order chi connectivity index (χ0) is 49.1. The van der Waals surface area contributed by atoms with Crippen molar-refractivity contribution in [2.75, 3.05) is 20.1 Å². The van der Waals surface area contributed by atoms with E-state index in [2.05, 4.69) is 42.4 Å². The van der Waals surface area contributed by atoms with Gasteiger partial charge in [0.2, 0.25) is 23.6 Å². The Labute approximate surface area is 405 Å². The average molecular weight is 941 g/mol. The van der Waals surface area contributed by atoms with Crippen molar-refractivity contribution in [2.24, 2.45) is 5.41 Å². The number of nitrogens with one attached hydrogen (secondary N) is 5. The van der Waals surface area contributed by atoms with Gasteiger partial charge in [-0.2, -0.15) is 5.10 Å². The number of likely N-dealkylation sites (N-methyl/N-ethyl adjacent to an activating group) is 1. The maximum Gasteiger partial charge on any atom is 0.246 e. The standard InChI is InChI=1S/C54H69FN10O4/c1-7-46(38-19-13-12-14-20-38)61-52(68)47-28-43(35-64(47)53(69)49(54(3,4)5)62-51(67)36(2)56-6)57-24-16-11-9-8-10-15-22-48(66)65-34-41(30-60-65)40-27-44-45(31-59-50(44)58-29-40)39-23-25-63(33-39)32-37-18-17-21-42(55)26-37/h12-14,17-21,23,25-27,29-31,33-34,36,43,46-47,49,56-57H,7-11,15-16,22,24,28,32,35H2,1-6H3,(H,58,59)(H,61,68)(H,62,67)/t36-,43-,46+,47-,49+/m0/s1. The fraction of sp³-hybridized carbons (Fsp3) is 0.444. The largest absolute Gasteiger partial charge is 0.349 e. The maximum absolute atomic E-state index is 14.4. The van der Waals surface area contributed by atoms with Crippen LogP contribution in [-0.4, -0.2) is 97.1 Å². The van der Waals surface area contributed by atoms with E-state index in [1.54, 1.807) is 49.6 Å². The number of hydrogen-bond donors (Lipinski definition) is 5. The number of aromatic amines is 1. The van der Waals surface area contributed by atoms with E-state index in [9.17, 15) is 23.6 Å². The first kappa shape index (κ1) is 50.4. The number of carbonyl (C=O) groups is 4. The van der Waals surface area contributed by atoms with E-state index < -0.39 is 23.5 Å². The molecule has 15 heteroatoms. The molecule has 1 aliphatic rings. The monoisotopic (exact) mass is 941 g/mol. The number of fused-ring (bicyclic) bond motifs is 1. The Kier molecular flexibility index (Phi) is 17.0. The number of nitrogens with zero attached hydrogens (tertiary/aromatic N) is 5. The number of benzene rings is 2. The number of unbranched alkanes of at least 4 members (excludes halogenated alkanes) is 5. The summed E-state index contributed by atoms with van der Waals surface area (Å²) in [6.07, 6.45) is 18.5. The predicted molar refractivity (Wildman–Crippen MR) is 269 cm³/mol. The molecule has 6 aromatic rings. The number of rotatable bonds is 22. The van der Waals surface area contributed by atoms with Crippen LogP contribution in [-0.2, 0) is 20.9 Å². The summed E-state index contributed by atoms with van der Waals surface area (Å²) in [5.41, 5.74) is 5.75. The van der Waals surface area contributed by atoms with E-state index in [4.69, 9.17) is 0 Å². The molecule has 0 aliphatic carbocycles. The first-order valence-corrected chi connectivity index (χ1v) is 24.5. The summed E-state index contributed by atoms with van der Waals surface area (Å²) in [6, 6.07) is 18.3. The van der Waals surface area contributed by atoms with Crippen LogP contribution < -0.4 is 21.3 Å². The van der Waals surface area contributed by atoms with Crippen molar-refractivity contribution in [3.05, 3.63) is 121 Å². The number of halogens is 1. The van der Waals surface area contributed by atoms with Crippen molar-refractivity contribution in [3.8, 4) is 22.3 Å². The molecule has 0 bridgehead atoms. The normalized spacial score (nSPS) is 16.4. The number of pyridine rings is 1. The Morgan fingerprint density at radius 1 is 0.884 bits per heavy atom. The summed E-state index contributed by atoms with van der Waals surface area (Å²) in [5, 5.41) is 18.1. The van der Waals surface area contributed by atoms with Crippen LogP contribution in [0.1, 0.15) is 114 Å². The topological polar surface area (TPSA) is 171 Å². The molecule has 5 atom stereocenters. The van der Waals surface area contributed by atoms with Crippen LogP contribution in [0.15, 0.2) is 104 Å². The summed E-state index contributed by atoms with van der Waals surface area (Å²) in [5.74, 6) is -1.02. The Morgan fingerprint density at radius 2 is 1.65 bits per heavy atom. The van der Waals surface area contributed by atoms with Gasteiger partial charge in [0.25, 0.3) is 0 Å². The minimum atomic E-state index is -0.816. The maximum atomic E-state index is 14.4. The number of carbonyl (C=O) groups excluding carboxylic acids is 4. The highest BCUT2D eigenvalue weighted by atomic mass is 19.1. The number of amides is 3. The van der Waals surface area contributed by atoms with Crippen LogP contribution >= 0.6 is 0 Å². The van der Waals surface area contributed by atoms with E-state index in [1.165, 1.54) is 10.7 Å². The van der Waals surface area contributed by atoms with Gasteiger partial charge in [0.1, 0.15) is 23.5 Å². The molecule has 0 spiro atoms. The third-order valence-electron chi connectivity index (χ3n) is 13.3. The molecular formula is C54H69FN10O4. The van der Waals surface area contributed by atoms with Gasteiger partial charge in [-0.15, -0.1) is 0 Å². The molecule has 1 aliphatic heterocycles. The summed E-state index contributed by atoms with van der Waals surface area (Å²) in [6.45, 7) is 11.2. The van der Waals surface area contributed by atoms with Crippen molar-refractivity contribution in [3.63, 3.8) is 0 Å². The van der Waals surface area contributed by atoms with Crippen LogP contribution in [0.4, 0.5) is 4.39 Å². The van der Waals surface area contributed by atoms with E-state index in [1.807, 2.05) is 93.3 Å². The average Bonchev–Trinajstić information content (AvgIpc) is 4.18. The third kappa shape index (κ3) is 13.0. The fourth-order valence-corrected chi connectivity index (χ4v) is 9.15. The van der Waals surface area contributed by atoms with Crippen LogP contribution in [0.25, 0.3) is 33.3 Å². The molecule has 0 saturated carbocycles. The number of H-pyrrole nitrogens is 1. The number of aromatic nitrogens is 5. The minimum absolute atomic E-state index is 0.0495. The first-order valence-electron chi connectivity index (χ1n) is 24.5. The lowest BCUT2D eigenvalue weighted by Gasteiger charge is -2.36. The first-order chi connectivity index (χ1) is 33.2. The Hall–Kier alpha value is -6.45. The van der Waals surface area contributed by atoms with Crippen LogP contribution in [0.5, 0.6) is 0 Å². The second-order valence-corrected chi connectivity index (χ2v) is 19.6. The van der Waals surface area contributed by atoms with E-state index >= 15 is 0 Å².